The fourth-order valence-corrected chi connectivity index (χ4v) is 3.12. The van der Waals surface area contributed by atoms with Crippen LogP contribution >= 0.6 is 23.2 Å². The molecule has 18 heavy (non-hydrogen) atoms. The van der Waals surface area contributed by atoms with Gasteiger partial charge in [0, 0.05) is 17.2 Å². The molecule has 94 valence electrons. The molecule has 0 aliphatic rings. The first-order chi connectivity index (χ1) is 8.50. The van der Waals surface area contributed by atoms with Gasteiger partial charge in [0.05, 0.1) is 10.7 Å². The number of hydrogen-bond donors (Lipinski definition) is 2. The van der Waals surface area contributed by atoms with E-state index in [2.05, 4.69) is 0 Å². The van der Waals surface area contributed by atoms with Crippen LogP contribution in [0.25, 0.3) is 0 Å². The van der Waals surface area contributed by atoms with E-state index in [1.165, 1.54) is 18.2 Å². The standard InChI is InChI=1S/C12H9Cl2NO2S/c13-8-2-1-3-11(12(8)14)18(17)7-4-5-10(16)9(15)6-7/h1-6,16H,15H2. The largest absolute Gasteiger partial charge is 0.606 e. The highest BCUT2D eigenvalue weighted by atomic mass is 35.5. The molecule has 2 aromatic carbocycles. The second kappa shape index (κ2) is 5.28. The van der Waals surface area contributed by atoms with Crippen molar-refractivity contribution >= 4 is 40.1 Å². The highest BCUT2D eigenvalue weighted by molar-refractivity contribution is 7.91. The average Bonchev–Trinajstić information content (AvgIpc) is 2.35. The third kappa shape index (κ3) is 2.52. The molecule has 0 aliphatic carbocycles. The van der Waals surface area contributed by atoms with Crippen molar-refractivity contribution in [1.82, 2.24) is 0 Å². The number of nitrogen functional groups attached to an aromatic ring is 1. The van der Waals surface area contributed by atoms with Crippen LogP contribution in [0.15, 0.2) is 46.2 Å². The first kappa shape index (κ1) is 13.4. The summed E-state index contributed by atoms with van der Waals surface area (Å²) in [5, 5.41) is 9.92. The quantitative estimate of drug-likeness (QED) is 0.507. The Morgan fingerprint density at radius 2 is 1.89 bits per heavy atom. The van der Waals surface area contributed by atoms with Gasteiger partial charge >= 0.3 is 0 Å². The van der Waals surface area contributed by atoms with Crippen LogP contribution in [0, 0.1) is 0 Å². The number of benzene rings is 2. The highest BCUT2D eigenvalue weighted by Gasteiger charge is 2.20. The topological polar surface area (TPSA) is 69.3 Å². The fraction of sp³-hybridized carbons (Fsp3) is 0. The molecule has 0 bridgehead atoms. The minimum Gasteiger partial charge on any atom is -0.606 e. The number of phenolic OH excluding ortho intramolecular Hbond substituents is 1. The molecule has 3 N–H and O–H groups in total. The molecule has 1 atom stereocenters. The van der Waals surface area contributed by atoms with Crippen molar-refractivity contribution in [2.24, 2.45) is 0 Å². The molecule has 6 heteroatoms. The first-order valence-corrected chi connectivity index (χ1v) is 6.85. The maximum atomic E-state index is 12.3. The van der Waals surface area contributed by atoms with E-state index in [-0.39, 0.29) is 16.5 Å². The van der Waals surface area contributed by atoms with Crippen LogP contribution in [0.2, 0.25) is 10.0 Å². The second-order valence-electron chi connectivity index (χ2n) is 3.54. The number of anilines is 1. The van der Waals surface area contributed by atoms with Crippen molar-refractivity contribution in [3.05, 3.63) is 46.4 Å². The van der Waals surface area contributed by atoms with Crippen LogP contribution in [0.1, 0.15) is 0 Å². The van der Waals surface area contributed by atoms with Gasteiger partial charge in [-0.3, -0.25) is 0 Å². The number of hydrogen-bond acceptors (Lipinski definition) is 3. The van der Waals surface area contributed by atoms with Gasteiger partial charge in [0.1, 0.15) is 10.8 Å². The van der Waals surface area contributed by atoms with E-state index in [1.807, 2.05) is 0 Å². The van der Waals surface area contributed by atoms with E-state index >= 15 is 0 Å². The molecule has 2 rings (SSSR count). The van der Waals surface area contributed by atoms with Crippen LogP contribution in [0.5, 0.6) is 5.75 Å². The lowest BCUT2D eigenvalue weighted by molar-refractivity contribution is 0.477. The van der Waals surface area contributed by atoms with Crippen LogP contribution in [-0.4, -0.2) is 9.66 Å². The van der Waals surface area contributed by atoms with Gasteiger partial charge in [-0.25, -0.2) is 0 Å². The predicted molar refractivity (Wildman–Crippen MR) is 73.7 cm³/mol. The van der Waals surface area contributed by atoms with Crippen molar-refractivity contribution in [3.63, 3.8) is 0 Å². The molecular formula is C12H9Cl2NO2S. The lowest BCUT2D eigenvalue weighted by Crippen LogP contribution is -2.03. The van der Waals surface area contributed by atoms with Crippen molar-refractivity contribution in [3.8, 4) is 5.75 Å². The summed E-state index contributed by atoms with van der Waals surface area (Å²) in [5.74, 6) is -0.0482. The third-order valence-corrected chi connectivity index (χ3v) is 4.68. The monoisotopic (exact) mass is 301 g/mol. The smallest absolute Gasteiger partial charge is 0.178 e. The Hall–Kier alpha value is -1.07. The Morgan fingerprint density at radius 3 is 2.56 bits per heavy atom. The molecule has 0 aromatic heterocycles. The maximum Gasteiger partial charge on any atom is 0.178 e. The third-order valence-electron chi connectivity index (χ3n) is 2.33. The molecule has 0 amide bonds. The molecule has 1 unspecified atom stereocenters. The number of halogens is 2. The Kier molecular flexibility index (Phi) is 3.92. The summed E-state index contributed by atoms with van der Waals surface area (Å²) >= 11 is 10.4. The number of nitrogens with two attached hydrogens (primary N) is 1. The zero-order chi connectivity index (χ0) is 13.3. The van der Waals surface area contributed by atoms with Gasteiger partial charge in [0.2, 0.25) is 0 Å². The Bertz CT molecular complexity index is 592. The Balaban J connectivity index is 2.44. The molecule has 2 aromatic rings. The normalized spacial score (nSPS) is 12.4. The van der Waals surface area contributed by atoms with Gasteiger partial charge in [-0.1, -0.05) is 29.3 Å². The molecule has 0 saturated carbocycles. The Morgan fingerprint density at radius 1 is 1.17 bits per heavy atom. The highest BCUT2D eigenvalue weighted by Crippen LogP contribution is 2.34. The van der Waals surface area contributed by atoms with Crippen molar-refractivity contribution in [1.29, 1.82) is 0 Å². The number of rotatable bonds is 2. The van der Waals surface area contributed by atoms with Gasteiger partial charge in [0.15, 0.2) is 9.79 Å². The minimum atomic E-state index is -1.49. The first-order valence-electron chi connectivity index (χ1n) is 4.95. The van der Waals surface area contributed by atoms with Gasteiger partial charge in [0.25, 0.3) is 0 Å². The van der Waals surface area contributed by atoms with Crippen molar-refractivity contribution in [2.45, 2.75) is 9.79 Å². The van der Waals surface area contributed by atoms with E-state index in [4.69, 9.17) is 28.9 Å². The molecular weight excluding hydrogens is 293 g/mol. The Labute approximate surface area is 117 Å². The van der Waals surface area contributed by atoms with Crippen molar-refractivity contribution in [2.75, 3.05) is 5.73 Å². The molecule has 0 heterocycles. The lowest BCUT2D eigenvalue weighted by Gasteiger charge is -2.12. The van der Waals surface area contributed by atoms with E-state index < -0.39 is 11.2 Å². The number of phenols is 1. The van der Waals surface area contributed by atoms with Crippen LogP contribution in [0.4, 0.5) is 5.69 Å². The zero-order valence-electron chi connectivity index (χ0n) is 9.06. The molecule has 0 radical (unpaired) electrons. The van der Waals surface area contributed by atoms with Crippen molar-refractivity contribution < 1.29 is 9.66 Å². The maximum absolute atomic E-state index is 12.3. The summed E-state index contributed by atoms with van der Waals surface area (Å²) in [6.07, 6.45) is 0. The predicted octanol–water partition coefficient (Wildman–Crippen LogP) is 3.45. The van der Waals surface area contributed by atoms with Gasteiger partial charge in [-0.05, 0) is 24.3 Å². The molecule has 0 fully saturated rings. The summed E-state index contributed by atoms with van der Waals surface area (Å²) in [6, 6.07) is 9.29. The molecule has 0 aliphatic heterocycles. The SMILES string of the molecule is Nc1cc([S+]([O-])c2cccc(Cl)c2Cl)ccc1O. The summed E-state index contributed by atoms with van der Waals surface area (Å²) in [4.78, 5) is 0.865. The fourth-order valence-electron chi connectivity index (χ4n) is 1.40. The molecule has 0 spiro atoms. The van der Waals surface area contributed by atoms with Crippen LogP contribution in [0.3, 0.4) is 0 Å². The van der Waals surface area contributed by atoms with E-state index in [1.54, 1.807) is 18.2 Å². The zero-order valence-corrected chi connectivity index (χ0v) is 11.4. The summed E-state index contributed by atoms with van der Waals surface area (Å²) in [6.45, 7) is 0. The minimum absolute atomic E-state index is 0.0482. The summed E-state index contributed by atoms with van der Waals surface area (Å²) < 4.78 is 12.3. The average molecular weight is 302 g/mol. The summed E-state index contributed by atoms with van der Waals surface area (Å²) in [5.41, 5.74) is 5.73. The summed E-state index contributed by atoms with van der Waals surface area (Å²) in [7, 11) is 0. The lowest BCUT2D eigenvalue weighted by atomic mass is 10.3. The molecule has 3 nitrogen and oxygen atoms in total. The van der Waals surface area contributed by atoms with Gasteiger partial charge < -0.3 is 15.4 Å². The van der Waals surface area contributed by atoms with Gasteiger partial charge in [-0.15, -0.1) is 0 Å². The van der Waals surface area contributed by atoms with E-state index in [0.29, 0.717) is 14.8 Å². The van der Waals surface area contributed by atoms with Crippen LogP contribution < -0.4 is 5.73 Å². The molecule has 0 saturated heterocycles. The number of aromatic hydroxyl groups is 1. The van der Waals surface area contributed by atoms with Crippen LogP contribution in [-0.2, 0) is 11.2 Å². The van der Waals surface area contributed by atoms with Gasteiger partial charge in [-0.2, -0.15) is 0 Å². The second-order valence-corrected chi connectivity index (χ2v) is 5.78. The van der Waals surface area contributed by atoms with E-state index in [0.717, 1.165) is 0 Å². The van der Waals surface area contributed by atoms with E-state index in [9.17, 15) is 9.66 Å².